The van der Waals surface area contributed by atoms with Gasteiger partial charge in [-0.3, -0.25) is 0 Å². The molecule has 1 aromatic carbocycles. The number of fused-ring (bicyclic) bond motifs is 1. The molecule has 1 aliphatic carbocycles. The fourth-order valence-electron chi connectivity index (χ4n) is 3.74. The fraction of sp³-hybridized carbons (Fsp3) is 0.556. The Kier molecular flexibility index (Phi) is 4.12. The van der Waals surface area contributed by atoms with Crippen LogP contribution in [0.3, 0.4) is 0 Å². The van der Waals surface area contributed by atoms with Crippen LogP contribution in [0.15, 0.2) is 22.6 Å². The van der Waals surface area contributed by atoms with Crippen LogP contribution in [0.25, 0.3) is 11.5 Å². The van der Waals surface area contributed by atoms with E-state index in [1.165, 1.54) is 11.1 Å². The molecule has 0 bridgehead atoms. The summed E-state index contributed by atoms with van der Waals surface area (Å²) in [6.45, 7) is 2.04. The molecule has 0 radical (unpaired) electrons. The normalized spacial score (nSPS) is 24.8. The van der Waals surface area contributed by atoms with Gasteiger partial charge >= 0.3 is 0 Å². The molecule has 6 heteroatoms. The highest BCUT2D eigenvalue weighted by Gasteiger charge is 2.30. The summed E-state index contributed by atoms with van der Waals surface area (Å²) in [6.07, 6.45) is 4.47. The molecule has 1 aromatic heterocycles. The third-order valence-electron chi connectivity index (χ3n) is 5.33. The SMILES string of the molecule is NC1(CO)CCc2cc(-c3nnc(C4CCNCC4)o3)ccc2C1. The summed E-state index contributed by atoms with van der Waals surface area (Å²) in [5.41, 5.74) is 9.17. The van der Waals surface area contributed by atoms with E-state index in [0.717, 1.165) is 50.2 Å². The van der Waals surface area contributed by atoms with Crippen molar-refractivity contribution in [2.75, 3.05) is 19.7 Å². The topological polar surface area (TPSA) is 97.2 Å². The van der Waals surface area contributed by atoms with E-state index in [4.69, 9.17) is 10.2 Å². The minimum Gasteiger partial charge on any atom is -0.420 e. The zero-order valence-corrected chi connectivity index (χ0v) is 13.8. The third-order valence-corrected chi connectivity index (χ3v) is 5.33. The molecule has 6 nitrogen and oxygen atoms in total. The van der Waals surface area contributed by atoms with E-state index in [2.05, 4.69) is 27.6 Å². The molecule has 2 aliphatic rings. The minimum absolute atomic E-state index is 0.0253. The lowest BCUT2D eigenvalue weighted by Gasteiger charge is -2.33. The van der Waals surface area contributed by atoms with Gasteiger partial charge in [-0.05, 0) is 68.5 Å². The Balaban J connectivity index is 1.56. The lowest BCUT2D eigenvalue weighted by Crippen LogP contribution is -2.48. The standard InChI is InChI=1S/C18H24N4O2/c19-18(11-23)6-3-13-9-14(1-2-15(13)10-18)17-22-21-16(24-17)12-4-7-20-8-5-12/h1-2,9,12,20,23H,3-8,10-11,19H2. The number of hydrogen-bond donors (Lipinski definition) is 3. The van der Waals surface area contributed by atoms with Gasteiger partial charge in [-0.2, -0.15) is 0 Å². The Labute approximate surface area is 141 Å². The first-order valence-corrected chi connectivity index (χ1v) is 8.73. The number of aromatic nitrogens is 2. The van der Waals surface area contributed by atoms with Crippen LogP contribution in [0.4, 0.5) is 0 Å². The average molecular weight is 328 g/mol. The number of piperidine rings is 1. The average Bonchev–Trinajstić information content (AvgIpc) is 3.12. The minimum atomic E-state index is -0.485. The second kappa shape index (κ2) is 6.27. The number of aliphatic hydroxyl groups is 1. The van der Waals surface area contributed by atoms with Gasteiger partial charge in [0.15, 0.2) is 0 Å². The molecule has 0 saturated carbocycles. The molecule has 2 heterocycles. The van der Waals surface area contributed by atoms with Crippen LogP contribution in [-0.4, -0.2) is 40.5 Å². The van der Waals surface area contributed by atoms with Crippen LogP contribution in [0.5, 0.6) is 0 Å². The molecule has 4 rings (SSSR count). The summed E-state index contributed by atoms with van der Waals surface area (Å²) >= 11 is 0. The van der Waals surface area contributed by atoms with Gasteiger partial charge in [-0.15, -0.1) is 10.2 Å². The van der Waals surface area contributed by atoms with Crippen LogP contribution in [0.2, 0.25) is 0 Å². The lowest BCUT2D eigenvalue weighted by molar-refractivity contribution is 0.181. The van der Waals surface area contributed by atoms with E-state index in [-0.39, 0.29) is 6.61 Å². The quantitative estimate of drug-likeness (QED) is 0.787. The number of nitrogens with one attached hydrogen (secondary N) is 1. The molecule has 1 atom stereocenters. The molecule has 4 N–H and O–H groups in total. The smallest absolute Gasteiger partial charge is 0.247 e. The molecular weight excluding hydrogens is 304 g/mol. The van der Waals surface area contributed by atoms with Crippen molar-refractivity contribution in [1.82, 2.24) is 15.5 Å². The molecular formula is C18H24N4O2. The van der Waals surface area contributed by atoms with Crippen molar-refractivity contribution in [3.8, 4) is 11.5 Å². The molecule has 24 heavy (non-hydrogen) atoms. The van der Waals surface area contributed by atoms with E-state index in [0.29, 0.717) is 18.2 Å². The molecule has 2 aromatic rings. The highest BCUT2D eigenvalue weighted by atomic mass is 16.4. The molecule has 0 amide bonds. The predicted molar refractivity (Wildman–Crippen MR) is 90.6 cm³/mol. The van der Waals surface area contributed by atoms with E-state index >= 15 is 0 Å². The van der Waals surface area contributed by atoms with Gasteiger partial charge in [0.05, 0.1) is 6.61 Å². The van der Waals surface area contributed by atoms with Gasteiger partial charge in [0.25, 0.3) is 0 Å². The van der Waals surface area contributed by atoms with Crippen molar-refractivity contribution in [2.24, 2.45) is 5.73 Å². The number of rotatable bonds is 3. The Morgan fingerprint density at radius 2 is 2.08 bits per heavy atom. The first kappa shape index (κ1) is 15.7. The fourth-order valence-corrected chi connectivity index (χ4v) is 3.74. The summed E-state index contributed by atoms with van der Waals surface area (Å²) in [5.74, 6) is 1.72. The van der Waals surface area contributed by atoms with E-state index in [1.807, 2.05) is 6.07 Å². The summed E-state index contributed by atoms with van der Waals surface area (Å²) in [7, 11) is 0. The summed E-state index contributed by atoms with van der Waals surface area (Å²) in [6, 6.07) is 6.23. The van der Waals surface area contributed by atoms with Crippen LogP contribution < -0.4 is 11.1 Å². The monoisotopic (exact) mass is 328 g/mol. The maximum Gasteiger partial charge on any atom is 0.247 e. The molecule has 128 valence electrons. The van der Waals surface area contributed by atoms with Crippen molar-refractivity contribution < 1.29 is 9.52 Å². The molecule has 1 saturated heterocycles. The van der Waals surface area contributed by atoms with Gasteiger partial charge in [0.1, 0.15) is 0 Å². The Bertz CT molecular complexity index is 724. The van der Waals surface area contributed by atoms with Crippen molar-refractivity contribution >= 4 is 0 Å². The second-order valence-corrected chi connectivity index (χ2v) is 7.15. The van der Waals surface area contributed by atoms with Gasteiger partial charge in [0.2, 0.25) is 11.8 Å². The van der Waals surface area contributed by atoms with Gasteiger partial charge in [-0.25, -0.2) is 0 Å². The van der Waals surface area contributed by atoms with E-state index < -0.39 is 5.54 Å². The zero-order valence-electron chi connectivity index (χ0n) is 13.8. The number of nitrogens with zero attached hydrogens (tertiary/aromatic N) is 2. The highest BCUT2D eigenvalue weighted by Crippen LogP contribution is 2.32. The number of aliphatic hydroxyl groups excluding tert-OH is 1. The Morgan fingerprint density at radius 3 is 2.88 bits per heavy atom. The predicted octanol–water partition coefficient (Wildman–Crippen LogP) is 1.38. The number of hydrogen-bond acceptors (Lipinski definition) is 6. The van der Waals surface area contributed by atoms with Gasteiger partial charge in [0, 0.05) is 17.0 Å². The maximum absolute atomic E-state index is 9.47. The van der Waals surface area contributed by atoms with Crippen LogP contribution >= 0.6 is 0 Å². The highest BCUT2D eigenvalue weighted by molar-refractivity contribution is 5.56. The van der Waals surface area contributed by atoms with E-state index in [1.54, 1.807) is 0 Å². The lowest BCUT2D eigenvalue weighted by atomic mass is 9.78. The van der Waals surface area contributed by atoms with Crippen LogP contribution in [0, 0.1) is 0 Å². The Morgan fingerprint density at radius 1 is 1.25 bits per heavy atom. The van der Waals surface area contributed by atoms with Crippen LogP contribution in [0.1, 0.15) is 42.2 Å². The molecule has 1 fully saturated rings. The van der Waals surface area contributed by atoms with Crippen LogP contribution in [-0.2, 0) is 12.8 Å². The zero-order chi connectivity index (χ0) is 16.6. The maximum atomic E-state index is 9.47. The van der Waals surface area contributed by atoms with Gasteiger partial charge in [-0.1, -0.05) is 6.07 Å². The summed E-state index contributed by atoms with van der Waals surface area (Å²) < 4.78 is 5.95. The van der Waals surface area contributed by atoms with Gasteiger partial charge < -0.3 is 20.6 Å². The first-order chi connectivity index (χ1) is 11.7. The molecule has 0 spiro atoms. The third kappa shape index (κ3) is 2.97. The summed E-state index contributed by atoms with van der Waals surface area (Å²) in [5, 5.41) is 21.3. The number of benzene rings is 1. The largest absolute Gasteiger partial charge is 0.420 e. The molecule has 1 unspecified atom stereocenters. The van der Waals surface area contributed by atoms with Crippen molar-refractivity contribution in [3.63, 3.8) is 0 Å². The van der Waals surface area contributed by atoms with E-state index in [9.17, 15) is 5.11 Å². The first-order valence-electron chi connectivity index (χ1n) is 8.73. The van der Waals surface area contributed by atoms with Crippen molar-refractivity contribution in [2.45, 2.75) is 43.6 Å². The summed E-state index contributed by atoms with van der Waals surface area (Å²) in [4.78, 5) is 0. The van der Waals surface area contributed by atoms with Crippen molar-refractivity contribution in [1.29, 1.82) is 0 Å². The Hall–Kier alpha value is -1.76. The molecule has 1 aliphatic heterocycles. The number of nitrogens with two attached hydrogens (primary N) is 1. The number of aryl methyl sites for hydroxylation is 1. The van der Waals surface area contributed by atoms with Crippen molar-refractivity contribution in [3.05, 3.63) is 35.2 Å². The second-order valence-electron chi connectivity index (χ2n) is 7.15.